The summed E-state index contributed by atoms with van der Waals surface area (Å²) in [6, 6.07) is 0.160. The Labute approximate surface area is 134 Å². The van der Waals surface area contributed by atoms with E-state index in [1.807, 2.05) is 14.1 Å². The zero-order valence-corrected chi connectivity index (χ0v) is 14.2. The van der Waals surface area contributed by atoms with Crippen LogP contribution in [-0.2, 0) is 14.3 Å². The second-order valence-corrected chi connectivity index (χ2v) is 6.43. The third kappa shape index (κ3) is 7.07. The molecular formula is C17H30N2O3. The molecule has 0 unspecified atom stereocenters. The van der Waals surface area contributed by atoms with E-state index >= 15 is 0 Å². The minimum atomic E-state index is -0.333. The largest absolute Gasteiger partial charge is 0.466 e. The predicted molar refractivity (Wildman–Crippen MR) is 87.4 cm³/mol. The van der Waals surface area contributed by atoms with Gasteiger partial charge in [-0.05, 0) is 32.9 Å². The maximum atomic E-state index is 12.3. The van der Waals surface area contributed by atoms with Gasteiger partial charge in [0.25, 0.3) is 0 Å². The molecule has 1 aliphatic carbocycles. The quantitative estimate of drug-likeness (QED) is 0.551. The van der Waals surface area contributed by atoms with Gasteiger partial charge in [0.15, 0.2) is 0 Å². The Kier molecular flexibility index (Phi) is 8.17. The summed E-state index contributed by atoms with van der Waals surface area (Å²) >= 11 is 0. The number of likely N-dealkylation sites (N-methyl/N-ethyl adjacent to an activating group) is 1. The second-order valence-electron chi connectivity index (χ2n) is 6.43. The molecule has 0 aliphatic heterocycles. The minimum Gasteiger partial charge on any atom is -0.466 e. The van der Waals surface area contributed by atoms with Crippen molar-refractivity contribution >= 4 is 11.9 Å². The number of ether oxygens (including phenoxy) is 1. The maximum Gasteiger partial charge on any atom is 0.302 e. The molecule has 0 aromatic heterocycles. The molecule has 1 fully saturated rings. The molecule has 0 aromatic carbocycles. The molecule has 1 atom stereocenters. The number of hydrogen-bond donors (Lipinski definition) is 1. The Balaban J connectivity index is 2.50. The smallest absolute Gasteiger partial charge is 0.302 e. The molecule has 1 N–H and O–H groups in total. The lowest BCUT2D eigenvalue weighted by atomic mass is 9.83. The van der Waals surface area contributed by atoms with Gasteiger partial charge in [-0.1, -0.05) is 25.8 Å². The summed E-state index contributed by atoms with van der Waals surface area (Å²) in [4.78, 5) is 25.1. The Morgan fingerprint density at radius 1 is 1.27 bits per heavy atom. The second kappa shape index (κ2) is 9.62. The first-order valence-electron chi connectivity index (χ1n) is 8.17. The summed E-state index contributed by atoms with van der Waals surface area (Å²) in [6.45, 7) is 6.22. The van der Waals surface area contributed by atoms with Crippen molar-refractivity contribution in [3.05, 3.63) is 12.2 Å². The molecule has 0 saturated heterocycles. The van der Waals surface area contributed by atoms with Gasteiger partial charge in [0, 0.05) is 31.5 Å². The van der Waals surface area contributed by atoms with Crippen LogP contribution in [-0.4, -0.2) is 50.1 Å². The van der Waals surface area contributed by atoms with E-state index in [0.717, 1.165) is 6.54 Å². The molecule has 5 heteroatoms. The van der Waals surface area contributed by atoms with Crippen molar-refractivity contribution in [2.75, 3.05) is 27.2 Å². The number of carbonyl (C=O) groups is 2. The van der Waals surface area contributed by atoms with E-state index in [1.165, 1.54) is 39.0 Å². The third-order valence-corrected chi connectivity index (χ3v) is 4.13. The van der Waals surface area contributed by atoms with Crippen LogP contribution < -0.4 is 5.32 Å². The molecule has 126 valence electrons. The average Bonchev–Trinajstić information content (AvgIpc) is 2.46. The fourth-order valence-corrected chi connectivity index (χ4v) is 2.94. The van der Waals surface area contributed by atoms with E-state index in [-0.39, 0.29) is 24.5 Å². The average molecular weight is 310 g/mol. The highest BCUT2D eigenvalue weighted by atomic mass is 16.5. The molecule has 0 heterocycles. The molecule has 0 spiro atoms. The van der Waals surface area contributed by atoms with Gasteiger partial charge >= 0.3 is 5.97 Å². The zero-order chi connectivity index (χ0) is 16.5. The van der Waals surface area contributed by atoms with E-state index in [1.54, 1.807) is 0 Å². The van der Waals surface area contributed by atoms with Crippen LogP contribution in [0.15, 0.2) is 12.2 Å². The Hall–Kier alpha value is -1.36. The summed E-state index contributed by atoms with van der Waals surface area (Å²) in [5, 5.41) is 3.14. The molecule has 5 nitrogen and oxygen atoms in total. The summed E-state index contributed by atoms with van der Waals surface area (Å²) in [6.07, 6.45) is 6.53. The van der Waals surface area contributed by atoms with Crippen LogP contribution in [0.25, 0.3) is 0 Å². The van der Waals surface area contributed by atoms with Crippen molar-refractivity contribution in [2.45, 2.75) is 51.5 Å². The van der Waals surface area contributed by atoms with E-state index < -0.39 is 0 Å². The highest BCUT2D eigenvalue weighted by Crippen LogP contribution is 2.27. The standard InChI is InChI=1S/C17H30N2O3/c1-13(10-11-22-14(2)20)17(21)18-16(12-19(3)4)15-8-6-5-7-9-15/h15-16H,1,5-12H2,2-4H3,(H,18,21)/t16-/m1/s1. The molecule has 1 rings (SSSR count). The van der Waals surface area contributed by atoms with Gasteiger partial charge in [-0.2, -0.15) is 0 Å². The molecular weight excluding hydrogens is 280 g/mol. The molecule has 1 saturated carbocycles. The number of carbonyl (C=O) groups excluding carboxylic acids is 2. The van der Waals surface area contributed by atoms with Crippen molar-refractivity contribution < 1.29 is 14.3 Å². The lowest BCUT2D eigenvalue weighted by molar-refractivity contribution is -0.141. The van der Waals surface area contributed by atoms with E-state index in [0.29, 0.717) is 17.9 Å². The number of esters is 1. The van der Waals surface area contributed by atoms with Gasteiger partial charge in [0.2, 0.25) is 5.91 Å². The Bertz CT molecular complexity index is 387. The van der Waals surface area contributed by atoms with Crippen molar-refractivity contribution in [1.82, 2.24) is 10.2 Å². The molecule has 1 aliphatic rings. The van der Waals surface area contributed by atoms with Crippen LogP contribution in [0.2, 0.25) is 0 Å². The normalized spacial score (nSPS) is 17.1. The number of nitrogens with zero attached hydrogens (tertiary/aromatic N) is 1. The third-order valence-electron chi connectivity index (χ3n) is 4.13. The summed E-state index contributed by atoms with van der Waals surface area (Å²) in [5.41, 5.74) is 0.473. The minimum absolute atomic E-state index is 0.121. The van der Waals surface area contributed by atoms with E-state index in [9.17, 15) is 9.59 Å². The van der Waals surface area contributed by atoms with Crippen molar-refractivity contribution in [3.8, 4) is 0 Å². The predicted octanol–water partition coefficient (Wildman–Crippen LogP) is 2.12. The molecule has 22 heavy (non-hydrogen) atoms. The Morgan fingerprint density at radius 3 is 2.45 bits per heavy atom. The Morgan fingerprint density at radius 2 is 1.91 bits per heavy atom. The first kappa shape index (κ1) is 18.7. The van der Waals surface area contributed by atoms with Gasteiger partial charge in [0.1, 0.15) is 0 Å². The summed E-state index contributed by atoms with van der Waals surface area (Å²) < 4.78 is 4.86. The lowest BCUT2D eigenvalue weighted by Gasteiger charge is -2.33. The van der Waals surface area contributed by atoms with Crippen LogP contribution in [0.5, 0.6) is 0 Å². The van der Waals surface area contributed by atoms with Crippen molar-refractivity contribution in [2.24, 2.45) is 5.92 Å². The highest BCUT2D eigenvalue weighted by molar-refractivity contribution is 5.93. The number of nitrogens with one attached hydrogen (secondary N) is 1. The highest BCUT2D eigenvalue weighted by Gasteiger charge is 2.26. The van der Waals surface area contributed by atoms with Gasteiger partial charge < -0.3 is 15.0 Å². The van der Waals surface area contributed by atoms with Crippen LogP contribution in [0.4, 0.5) is 0 Å². The van der Waals surface area contributed by atoms with Crippen LogP contribution in [0.3, 0.4) is 0 Å². The molecule has 0 bridgehead atoms. The van der Waals surface area contributed by atoms with E-state index in [2.05, 4.69) is 16.8 Å². The summed E-state index contributed by atoms with van der Waals surface area (Å²) in [7, 11) is 4.05. The van der Waals surface area contributed by atoms with Crippen molar-refractivity contribution in [1.29, 1.82) is 0 Å². The van der Waals surface area contributed by atoms with Crippen molar-refractivity contribution in [3.63, 3.8) is 0 Å². The van der Waals surface area contributed by atoms with Gasteiger partial charge in [-0.3, -0.25) is 9.59 Å². The molecule has 0 radical (unpaired) electrons. The first-order chi connectivity index (χ1) is 10.4. The lowest BCUT2D eigenvalue weighted by Crippen LogP contribution is -2.47. The SMILES string of the molecule is C=C(CCOC(C)=O)C(=O)N[C@H](CN(C)C)C1CCCCC1. The van der Waals surface area contributed by atoms with Crippen LogP contribution in [0, 0.1) is 5.92 Å². The zero-order valence-electron chi connectivity index (χ0n) is 14.2. The maximum absolute atomic E-state index is 12.3. The van der Waals surface area contributed by atoms with Gasteiger partial charge in [-0.25, -0.2) is 0 Å². The first-order valence-corrected chi connectivity index (χ1v) is 8.17. The number of hydrogen-bond acceptors (Lipinski definition) is 4. The monoisotopic (exact) mass is 310 g/mol. The van der Waals surface area contributed by atoms with Gasteiger partial charge in [0.05, 0.1) is 6.61 Å². The summed E-state index contributed by atoms with van der Waals surface area (Å²) in [5.74, 6) is 0.0897. The van der Waals surface area contributed by atoms with Gasteiger partial charge in [-0.15, -0.1) is 0 Å². The molecule has 0 aromatic rings. The molecule has 1 amide bonds. The number of amides is 1. The number of rotatable bonds is 8. The van der Waals surface area contributed by atoms with E-state index in [4.69, 9.17) is 4.74 Å². The fraction of sp³-hybridized carbons (Fsp3) is 0.765. The topological polar surface area (TPSA) is 58.6 Å². The fourth-order valence-electron chi connectivity index (χ4n) is 2.94. The van der Waals surface area contributed by atoms with Crippen LogP contribution >= 0.6 is 0 Å². The van der Waals surface area contributed by atoms with Crippen LogP contribution in [0.1, 0.15) is 45.4 Å².